The number of fused-ring (bicyclic) bond motifs is 1. The number of rotatable bonds is 3. The van der Waals surface area contributed by atoms with Gasteiger partial charge in [-0.2, -0.15) is 5.10 Å². The van der Waals surface area contributed by atoms with Crippen molar-refractivity contribution >= 4 is 11.6 Å². The first-order valence-electron chi connectivity index (χ1n) is 6.52. The van der Waals surface area contributed by atoms with Gasteiger partial charge in [0.05, 0.1) is 5.56 Å². The van der Waals surface area contributed by atoms with E-state index in [4.69, 9.17) is 5.11 Å². The van der Waals surface area contributed by atoms with Crippen LogP contribution in [0.4, 0.5) is 0 Å². The van der Waals surface area contributed by atoms with Gasteiger partial charge >= 0.3 is 5.97 Å². The van der Waals surface area contributed by atoms with Gasteiger partial charge in [-0.3, -0.25) is 0 Å². The van der Waals surface area contributed by atoms with Crippen LogP contribution in [0.25, 0.3) is 5.65 Å². The molecule has 0 aromatic carbocycles. The van der Waals surface area contributed by atoms with E-state index in [1.54, 1.807) is 22.8 Å². The number of carboxylic acids is 1. The Labute approximate surface area is 110 Å². The van der Waals surface area contributed by atoms with Crippen molar-refractivity contribution in [2.24, 2.45) is 5.92 Å². The maximum atomic E-state index is 10.9. The van der Waals surface area contributed by atoms with E-state index in [0.717, 1.165) is 38.2 Å². The number of nitrogens with zero attached hydrogens (tertiary/aromatic N) is 3. The summed E-state index contributed by atoms with van der Waals surface area (Å²) in [6.45, 7) is 2.11. The molecule has 0 spiro atoms. The predicted octanol–water partition coefficient (Wildman–Crippen LogP) is 0.970. The second-order valence-electron chi connectivity index (χ2n) is 4.95. The number of aromatic nitrogens is 3. The number of piperidine rings is 1. The molecule has 1 aliphatic heterocycles. The first-order chi connectivity index (χ1) is 9.22. The van der Waals surface area contributed by atoms with Crippen molar-refractivity contribution in [2.45, 2.75) is 19.3 Å². The number of aromatic carboxylic acids is 1. The van der Waals surface area contributed by atoms with Gasteiger partial charge in [0.1, 0.15) is 0 Å². The molecular weight excluding hydrogens is 244 g/mol. The van der Waals surface area contributed by atoms with Crippen LogP contribution in [0.5, 0.6) is 0 Å². The number of pyridine rings is 1. The molecular formula is C13H16N4O2. The molecule has 0 atom stereocenters. The summed E-state index contributed by atoms with van der Waals surface area (Å²) in [5.74, 6) is 0.484. The molecule has 6 nitrogen and oxygen atoms in total. The molecule has 0 radical (unpaired) electrons. The molecule has 2 N–H and O–H groups in total. The van der Waals surface area contributed by atoms with Crippen LogP contribution >= 0.6 is 0 Å². The van der Waals surface area contributed by atoms with Crippen molar-refractivity contribution in [3.63, 3.8) is 0 Å². The van der Waals surface area contributed by atoms with Gasteiger partial charge in [0.2, 0.25) is 0 Å². The van der Waals surface area contributed by atoms with Crippen molar-refractivity contribution in [3.05, 3.63) is 29.7 Å². The van der Waals surface area contributed by atoms with Crippen LogP contribution in [-0.4, -0.2) is 38.8 Å². The lowest BCUT2D eigenvalue weighted by Crippen LogP contribution is -2.28. The van der Waals surface area contributed by atoms with Crippen LogP contribution in [0.15, 0.2) is 18.3 Å². The summed E-state index contributed by atoms with van der Waals surface area (Å²) in [5.41, 5.74) is 0.845. The fourth-order valence-corrected chi connectivity index (χ4v) is 2.49. The average Bonchev–Trinajstić information content (AvgIpc) is 2.80. The minimum absolute atomic E-state index is 0.244. The molecule has 2 aromatic rings. The zero-order valence-corrected chi connectivity index (χ0v) is 10.5. The van der Waals surface area contributed by atoms with E-state index in [-0.39, 0.29) is 5.56 Å². The lowest BCUT2D eigenvalue weighted by molar-refractivity contribution is 0.0697. The van der Waals surface area contributed by atoms with E-state index >= 15 is 0 Å². The summed E-state index contributed by atoms with van der Waals surface area (Å²) < 4.78 is 1.64. The van der Waals surface area contributed by atoms with Crippen LogP contribution in [0.3, 0.4) is 0 Å². The summed E-state index contributed by atoms with van der Waals surface area (Å²) in [7, 11) is 0. The van der Waals surface area contributed by atoms with Gasteiger partial charge in [-0.1, -0.05) is 0 Å². The smallest absolute Gasteiger partial charge is 0.335 e. The molecule has 1 aliphatic rings. The highest BCUT2D eigenvalue weighted by Gasteiger charge is 2.16. The molecule has 0 bridgehead atoms. The molecule has 0 saturated carbocycles. The summed E-state index contributed by atoms with van der Waals surface area (Å²) in [5, 5.41) is 16.7. The molecule has 6 heteroatoms. The Bertz CT molecular complexity index is 602. The summed E-state index contributed by atoms with van der Waals surface area (Å²) in [6.07, 6.45) is 4.81. The van der Waals surface area contributed by atoms with Crippen molar-refractivity contribution in [1.82, 2.24) is 19.9 Å². The second kappa shape index (κ2) is 4.97. The molecule has 0 unspecified atom stereocenters. The molecule has 1 saturated heterocycles. The van der Waals surface area contributed by atoms with E-state index in [1.165, 1.54) is 0 Å². The Kier molecular flexibility index (Phi) is 3.16. The average molecular weight is 260 g/mol. The van der Waals surface area contributed by atoms with Gasteiger partial charge in [0.25, 0.3) is 0 Å². The van der Waals surface area contributed by atoms with E-state index in [2.05, 4.69) is 15.4 Å². The lowest BCUT2D eigenvalue weighted by atomic mass is 9.94. The largest absolute Gasteiger partial charge is 0.478 e. The number of nitrogens with one attached hydrogen (secondary N) is 1. The zero-order chi connectivity index (χ0) is 13.2. The zero-order valence-electron chi connectivity index (χ0n) is 10.5. The van der Waals surface area contributed by atoms with Crippen molar-refractivity contribution in [2.75, 3.05) is 13.1 Å². The van der Waals surface area contributed by atoms with Crippen molar-refractivity contribution < 1.29 is 9.90 Å². The number of carboxylic acid groups (broad SMARTS) is 1. The molecule has 1 fully saturated rings. The Morgan fingerprint density at radius 2 is 2.26 bits per heavy atom. The fourth-order valence-electron chi connectivity index (χ4n) is 2.49. The van der Waals surface area contributed by atoms with Crippen molar-refractivity contribution in [3.8, 4) is 0 Å². The second-order valence-corrected chi connectivity index (χ2v) is 4.95. The Hall–Kier alpha value is -1.95. The van der Waals surface area contributed by atoms with Gasteiger partial charge in [0, 0.05) is 12.6 Å². The lowest BCUT2D eigenvalue weighted by Gasteiger charge is -2.20. The third-order valence-electron chi connectivity index (χ3n) is 3.56. The Morgan fingerprint density at radius 1 is 1.47 bits per heavy atom. The Balaban J connectivity index is 1.82. The molecule has 0 amide bonds. The highest BCUT2D eigenvalue weighted by atomic mass is 16.4. The van der Waals surface area contributed by atoms with Crippen LogP contribution < -0.4 is 5.32 Å². The summed E-state index contributed by atoms with van der Waals surface area (Å²) in [4.78, 5) is 15.3. The number of hydrogen-bond acceptors (Lipinski definition) is 4. The standard InChI is InChI=1S/C13H16N4O2/c18-13(19)10-3-6-17-12(8-10)15-11(16-17)7-9-1-4-14-5-2-9/h3,6,8-9,14H,1-2,4-5,7H2,(H,18,19). The van der Waals surface area contributed by atoms with Gasteiger partial charge in [-0.05, 0) is 44.0 Å². The maximum absolute atomic E-state index is 10.9. The van der Waals surface area contributed by atoms with Gasteiger partial charge < -0.3 is 10.4 Å². The highest BCUT2D eigenvalue weighted by molar-refractivity contribution is 5.88. The molecule has 3 rings (SSSR count). The normalized spacial score (nSPS) is 16.8. The topological polar surface area (TPSA) is 79.5 Å². The van der Waals surface area contributed by atoms with E-state index in [9.17, 15) is 4.79 Å². The van der Waals surface area contributed by atoms with Gasteiger partial charge in [-0.15, -0.1) is 0 Å². The molecule has 19 heavy (non-hydrogen) atoms. The third-order valence-corrected chi connectivity index (χ3v) is 3.56. The fraction of sp³-hybridized carbons (Fsp3) is 0.462. The van der Waals surface area contributed by atoms with Crippen LogP contribution in [-0.2, 0) is 6.42 Å². The highest BCUT2D eigenvalue weighted by Crippen LogP contribution is 2.16. The molecule has 3 heterocycles. The maximum Gasteiger partial charge on any atom is 0.335 e. The minimum atomic E-state index is -0.939. The molecule has 0 aliphatic carbocycles. The van der Waals surface area contributed by atoms with Crippen molar-refractivity contribution in [1.29, 1.82) is 0 Å². The Morgan fingerprint density at radius 3 is 3.00 bits per heavy atom. The first kappa shape index (κ1) is 12.1. The minimum Gasteiger partial charge on any atom is -0.478 e. The monoisotopic (exact) mass is 260 g/mol. The first-order valence-corrected chi connectivity index (χ1v) is 6.52. The van der Waals surface area contributed by atoms with Gasteiger partial charge in [-0.25, -0.2) is 14.3 Å². The van der Waals surface area contributed by atoms with Gasteiger partial charge in [0.15, 0.2) is 11.5 Å². The third kappa shape index (κ3) is 2.58. The van der Waals surface area contributed by atoms with E-state index in [1.807, 2.05) is 0 Å². The summed E-state index contributed by atoms with van der Waals surface area (Å²) in [6, 6.07) is 3.10. The number of carbonyl (C=O) groups is 1. The molecule has 100 valence electrons. The van der Waals surface area contributed by atoms with E-state index < -0.39 is 5.97 Å². The predicted molar refractivity (Wildman–Crippen MR) is 69.2 cm³/mol. The molecule has 2 aromatic heterocycles. The van der Waals surface area contributed by atoms with Crippen LogP contribution in [0, 0.1) is 5.92 Å². The summed E-state index contributed by atoms with van der Waals surface area (Å²) >= 11 is 0. The van der Waals surface area contributed by atoms with E-state index in [0.29, 0.717) is 11.6 Å². The van der Waals surface area contributed by atoms with Crippen LogP contribution in [0.2, 0.25) is 0 Å². The number of hydrogen-bond donors (Lipinski definition) is 2. The quantitative estimate of drug-likeness (QED) is 0.859. The SMILES string of the molecule is O=C(O)c1ccn2nc(CC3CCNCC3)nc2c1. The van der Waals surface area contributed by atoms with Crippen LogP contribution in [0.1, 0.15) is 29.0 Å².